The van der Waals surface area contributed by atoms with Crippen molar-refractivity contribution in [3.63, 3.8) is 0 Å². The standard InChI is InChI=1S/C18H19N3O/c1-12-9-16-17(10-13(12)2)19-11-20-18(16)21-15-5-3-14(4-6-15)7-8-22/h3-6,9-11,22H,7-8H2,1-2H3,(H,19,20,21). The van der Waals surface area contributed by atoms with Gasteiger partial charge in [-0.1, -0.05) is 12.1 Å². The van der Waals surface area contributed by atoms with Crippen LogP contribution in [0.25, 0.3) is 10.9 Å². The van der Waals surface area contributed by atoms with E-state index in [0.29, 0.717) is 6.42 Å². The van der Waals surface area contributed by atoms with Crippen LogP contribution in [-0.2, 0) is 6.42 Å². The summed E-state index contributed by atoms with van der Waals surface area (Å²) < 4.78 is 0. The van der Waals surface area contributed by atoms with Gasteiger partial charge in [0.25, 0.3) is 0 Å². The van der Waals surface area contributed by atoms with Gasteiger partial charge in [0.15, 0.2) is 0 Å². The van der Waals surface area contributed by atoms with Crippen molar-refractivity contribution in [3.8, 4) is 0 Å². The Kier molecular flexibility index (Phi) is 4.02. The van der Waals surface area contributed by atoms with Crippen molar-refractivity contribution in [1.82, 2.24) is 9.97 Å². The second-order valence-electron chi connectivity index (χ2n) is 5.47. The number of aliphatic hydroxyl groups is 1. The molecule has 0 aliphatic rings. The molecule has 0 unspecified atom stereocenters. The van der Waals surface area contributed by atoms with Crippen molar-refractivity contribution in [2.75, 3.05) is 11.9 Å². The highest BCUT2D eigenvalue weighted by molar-refractivity contribution is 5.91. The van der Waals surface area contributed by atoms with Crippen molar-refractivity contribution in [2.24, 2.45) is 0 Å². The summed E-state index contributed by atoms with van der Waals surface area (Å²) in [6.07, 6.45) is 2.26. The molecule has 3 rings (SSSR count). The van der Waals surface area contributed by atoms with Crippen molar-refractivity contribution < 1.29 is 5.11 Å². The van der Waals surface area contributed by atoms with Crippen LogP contribution in [0.1, 0.15) is 16.7 Å². The molecule has 0 amide bonds. The van der Waals surface area contributed by atoms with E-state index < -0.39 is 0 Å². The molecule has 1 aromatic heterocycles. The number of anilines is 2. The van der Waals surface area contributed by atoms with E-state index >= 15 is 0 Å². The van der Waals surface area contributed by atoms with Crippen LogP contribution in [0.4, 0.5) is 11.5 Å². The molecular formula is C18H19N3O. The molecule has 0 aliphatic carbocycles. The van der Waals surface area contributed by atoms with Gasteiger partial charge in [-0.3, -0.25) is 0 Å². The second-order valence-corrected chi connectivity index (χ2v) is 5.47. The lowest BCUT2D eigenvalue weighted by atomic mass is 10.1. The number of hydrogen-bond donors (Lipinski definition) is 2. The first-order chi connectivity index (χ1) is 10.7. The van der Waals surface area contributed by atoms with Gasteiger partial charge in [-0.15, -0.1) is 0 Å². The fourth-order valence-electron chi connectivity index (χ4n) is 2.44. The van der Waals surface area contributed by atoms with Crippen LogP contribution in [0.5, 0.6) is 0 Å². The first-order valence-corrected chi connectivity index (χ1v) is 7.36. The third-order valence-electron chi connectivity index (χ3n) is 3.87. The van der Waals surface area contributed by atoms with E-state index in [1.54, 1.807) is 6.33 Å². The summed E-state index contributed by atoms with van der Waals surface area (Å²) in [6.45, 7) is 4.35. The highest BCUT2D eigenvalue weighted by Gasteiger charge is 2.06. The second kappa shape index (κ2) is 6.12. The Morgan fingerprint density at radius 1 is 1.00 bits per heavy atom. The van der Waals surface area contributed by atoms with Gasteiger partial charge in [0.1, 0.15) is 12.1 Å². The average Bonchev–Trinajstić information content (AvgIpc) is 2.51. The maximum absolute atomic E-state index is 8.96. The number of benzene rings is 2. The third-order valence-corrected chi connectivity index (χ3v) is 3.87. The van der Waals surface area contributed by atoms with Gasteiger partial charge in [0.05, 0.1) is 5.52 Å². The highest BCUT2D eigenvalue weighted by Crippen LogP contribution is 2.25. The van der Waals surface area contributed by atoms with Crippen LogP contribution in [0, 0.1) is 13.8 Å². The van der Waals surface area contributed by atoms with Gasteiger partial charge in [-0.2, -0.15) is 0 Å². The Balaban J connectivity index is 1.94. The van der Waals surface area contributed by atoms with E-state index in [1.807, 2.05) is 24.3 Å². The van der Waals surface area contributed by atoms with Crippen LogP contribution in [-0.4, -0.2) is 21.7 Å². The SMILES string of the molecule is Cc1cc2ncnc(Nc3ccc(CCO)cc3)c2cc1C. The summed E-state index contributed by atoms with van der Waals surface area (Å²) in [5.74, 6) is 0.808. The monoisotopic (exact) mass is 293 g/mol. The van der Waals surface area contributed by atoms with Crippen LogP contribution < -0.4 is 5.32 Å². The minimum absolute atomic E-state index is 0.169. The van der Waals surface area contributed by atoms with Crippen molar-refractivity contribution in [1.29, 1.82) is 0 Å². The van der Waals surface area contributed by atoms with Gasteiger partial charge in [-0.25, -0.2) is 9.97 Å². The molecule has 112 valence electrons. The molecule has 0 spiro atoms. The molecule has 22 heavy (non-hydrogen) atoms. The van der Waals surface area contributed by atoms with Gasteiger partial charge < -0.3 is 10.4 Å². The molecule has 0 fully saturated rings. The summed E-state index contributed by atoms with van der Waals surface area (Å²) in [6, 6.07) is 12.2. The molecule has 2 aromatic carbocycles. The van der Waals surface area contributed by atoms with Crippen molar-refractivity contribution in [3.05, 3.63) is 59.4 Å². The summed E-state index contributed by atoms with van der Waals surface area (Å²) in [5.41, 5.74) is 5.48. The fourth-order valence-corrected chi connectivity index (χ4v) is 2.44. The summed E-state index contributed by atoms with van der Waals surface area (Å²) in [4.78, 5) is 8.71. The molecular weight excluding hydrogens is 274 g/mol. The Bertz CT molecular complexity index is 797. The van der Waals surface area contributed by atoms with Crippen LogP contribution in [0.2, 0.25) is 0 Å². The highest BCUT2D eigenvalue weighted by atomic mass is 16.2. The first kappa shape index (κ1) is 14.5. The number of nitrogens with zero attached hydrogens (tertiary/aromatic N) is 2. The molecule has 4 heteroatoms. The maximum atomic E-state index is 8.96. The number of aliphatic hydroxyl groups excluding tert-OH is 1. The van der Waals surface area contributed by atoms with E-state index in [9.17, 15) is 0 Å². The molecule has 3 aromatic rings. The normalized spacial score (nSPS) is 10.9. The number of aryl methyl sites for hydroxylation is 2. The molecule has 2 N–H and O–H groups in total. The zero-order valence-electron chi connectivity index (χ0n) is 12.8. The molecule has 0 atom stereocenters. The minimum atomic E-state index is 0.169. The number of hydrogen-bond acceptors (Lipinski definition) is 4. The lowest BCUT2D eigenvalue weighted by molar-refractivity contribution is 0.299. The van der Waals surface area contributed by atoms with E-state index in [2.05, 4.69) is 41.3 Å². The zero-order chi connectivity index (χ0) is 15.5. The average molecular weight is 293 g/mol. The lowest BCUT2D eigenvalue weighted by Gasteiger charge is -2.10. The summed E-state index contributed by atoms with van der Waals surface area (Å²) in [5, 5.41) is 13.3. The topological polar surface area (TPSA) is 58.0 Å². The predicted octanol–water partition coefficient (Wildman–Crippen LogP) is 3.53. The largest absolute Gasteiger partial charge is 0.396 e. The van der Waals surface area contributed by atoms with Gasteiger partial charge in [0.2, 0.25) is 0 Å². The molecule has 0 radical (unpaired) electrons. The Morgan fingerprint density at radius 2 is 1.73 bits per heavy atom. The number of fused-ring (bicyclic) bond motifs is 1. The fraction of sp³-hybridized carbons (Fsp3) is 0.222. The smallest absolute Gasteiger partial charge is 0.141 e. The van der Waals surface area contributed by atoms with Crippen LogP contribution in [0.15, 0.2) is 42.7 Å². The molecule has 1 heterocycles. The summed E-state index contributed by atoms with van der Waals surface area (Å²) in [7, 11) is 0. The maximum Gasteiger partial charge on any atom is 0.141 e. The zero-order valence-corrected chi connectivity index (χ0v) is 12.8. The van der Waals surface area contributed by atoms with E-state index in [-0.39, 0.29) is 6.61 Å². The quantitative estimate of drug-likeness (QED) is 0.772. The van der Waals surface area contributed by atoms with Crippen LogP contribution >= 0.6 is 0 Å². The number of aromatic nitrogens is 2. The molecule has 0 bridgehead atoms. The lowest BCUT2D eigenvalue weighted by Crippen LogP contribution is -1.97. The van der Waals surface area contributed by atoms with E-state index in [1.165, 1.54) is 11.1 Å². The molecule has 0 saturated carbocycles. The molecule has 4 nitrogen and oxygen atoms in total. The number of nitrogens with one attached hydrogen (secondary N) is 1. The molecule has 0 saturated heterocycles. The number of rotatable bonds is 4. The Hall–Kier alpha value is -2.46. The van der Waals surface area contributed by atoms with Crippen molar-refractivity contribution >= 4 is 22.4 Å². The van der Waals surface area contributed by atoms with Gasteiger partial charge in [0, 0.05) is 17.7 Å². The third kappa shape index (κ3) is 2.92. The minimum Gasteiger partial charge on any atom is -0.396 e. The van der Waals surface area contributed by atoms with Gasteiger partial charge in [-0.05, 0) is 61.2 Å². The van der Waals surface area contributed by atoms with E-state index in [4.69, 9.17) is 5.11 Å². The van der Waals surface area contributed by atoms with Crippen LogP contribution in [0.3, 0.4) is 0 Å². The van der Waals surface area contributed by atoms with E-state index in [0.717, 1.165) is 28.0 Å². The van der Waals surface area contributed by atoms with Crippen molar-refractivity contribution in [2.45, 2.75) is 20.3 Å². The molecule has 0 aliphatic heterocycles. The summed E-state index contributed by atoms with van der Waals surface area (Å²) >= 11 is 0. The van der Waals surface area contributed by atoms with Gasteiger partial charge >= 0.3 is 0 Å². The predicted molar refractivity (Wildman–Crippen MR) is 89.5 cm³/mol. The Morgan fingerprint density at radius 3 is 2.45 bits per heavy atom. The first-order valence-electron chi connectivity index (χ1n) is 7.36. The Labute approximate surface area is 129 Å².